The molecule has 0 heterocycles. The Kier molecular flexibility index (Phi) is 5.58. The lowest BCUT2D eigenvalue weighted by Crippen LogP contribution is -2.41. The second kappa shape index (κ2) is 6.97. The molecule has 6 nitrogen and oxygen atoms in total. The zero-order valence-electron chi connectivity index (χ0n) is 12.9. The van der Waals surface area contributed by atoms with Gasteiger partial charge in [0.15, 0.2) is 0 Å². The van der Waals surface area contributed by atoms with Gasteiger partial charge < -0.3 is 21.1 Å². The molecule has 0 radical (unpaired) electrons. The van der Waals surface area contributed by atoms with Crippen LogP contribution in [0.4, 0.5) is 11.4 Å². The van der Waals surface area contributed by atoms with Crippen LogP contribution >= 0.6 is 0 Å². The van der Waals surface area contributed by atoms with Crippen LogP contribution in [0.3, 0.4) is 0 Å². The maximum atomic E-state index is 11.7. The number of esters is 1. The normalized spacial score (nSPS) is 10.9. The Bertz CT molecular complexity index is 521. The number of carbonyl (C=O) groups excluding carboxylic acids is 2. The van der Waals surface area contributed by atoms with Crippen LogP contribution in [-0.4, -0.2) is 31.1 Å². The Balaban J connectivity index is 2.53. The van der Waals surface area contributed by atoms with Gasteiger partial charge >= 0.3 is 5.97 Å². The van der Waals surface area contributed by atoms with Crippen LogP contribution in [0.2, 0.25) is 0 Å². The number of hydrogen-bond donors (Lipinski definition) is 3. The molecule has 1 rings (SSSR count). The van der Waals surface area contributed by atoms with Crippen molar-refractivity contribution in [3.8, 4) is 0 Å². The molecular weight excluding hydrogens is 270 g/mol. The smallest absolute Gasteiger partial charge is 0.337 e. The fourth-order valence-corrected chi connectivity index (χ4v) is 1.76. The van der Waals surface area contributed by atoms with E-state index in [1.54, 1.807) is 18.2 Å². The molecule has 0 aliphatic rings. The highest BCUT2D eigenvalue weighted by atomic mass is 16.5. The number of anilines is 2. The molecule has 0 aromatic heterocycles. The highest BCUT2D eigenvalue weighted by Crippen LogP contribution is 2.20. The predicted octanol–water partition coefficient (Wildman–Crippen LogP) is 1.77. The van der Waals surface area contributed by atoms with Crippen molar-refractivity contribution in [3.05, 3.63) is 23.8 Å². The lowest BCUT2D eigenvalue weighted by atomic mass is 10.1. The number of hydrogen-bond acceptors (Lipinski definition) is 5. The summed E-state index contributed by atoms with van der Waals surface area (Å²) in [5, 5.41) is 5.96. The molecule has 0 spiro atoms. The molecule has 0 atom stereocenters. The number of carbonyl (C=O) groups is 2. The summed E-state index contributed by atoms with van der Waals surface area (Å²) in [7, 11) is 1.32. The summed E-state index contributed by atoms with van der Waals surface area (Å²) >= 11 is 0. The number of methoxy groups -OCH3 is 1. The standard InChI is InChI=1S/C15H23N3O3/c1-15(2,3)18-13(19)7-8-17-12-6-5-10(9-11(12)16)14(20)21-4/h5-6,9,17H,7-8,16H2,1-4H3,(H,18,19). The van der Waals surface area contributed by atoms with Crippen molar-refractivity contribution in [1.82, 2.24) is 5.32 Å². The second-order valence-corrected chi connectivity index (χ2v) is 5.77. The number of rotatable bonds is 5. The van der Waals surface area contributed by atoms with Crippen molar-refractivity contribution in [2.45, 2.75) is 32.7 Å². The van der Waals surface area contributed by atoms with Crippen molar-refractivity contribution in [2.24, 2.45) is 0 Å². The van der Waals surface area contributed by atoms with E-state index in [0.29, 0.717) is 29.9 Å². The fourth-order valence-electron chi connectivity index (χ4n) is 1.76. The Morgan fingerprint density at radius 2 is 1.95 bits per heavy atom. The molecule has 0 fully saturated rings. The van der Waals surface area contributed by atoms with Gasteiger partial charge in [0.25, 0.3) is 0 Å². The molecule has 1 amide bonds. The van der Waals surface area contributed by atoms with E-state index in [9.17, 15) is 9.59 Å². The van der Waals surface area contributed by atoms with E-state index >= 15 is 0 Å². The first-order valence-electron chi connectivity index (χ1n) is 6.75. The van der Waals surface area contributed by atoms with Crippen molar-refractivity contribution < 1.29 is 14.3 Å². The van der Waals surface area contributed by atoms with Gasteiger partial charge in [-0.2, -0.15) is 0 Å². The Morgan fingerprint density at radius 3 is 2.48 bits per heavy atom. The van der Waals surface area contributed by atoms with Crippen LogP contribution in [0.15, 0.2) is 18.2 Å². The van der Waals surface area contributed by atoms with Crippen LogP contribution in [0.5, 0.6) is 0 Å². The third-order valence-corrected chi connectivity index (χ3v) is 2.65. The minimum absolute atomic E-state index is 0.0280. The summed E-state index contributed by atoms with van der Waals surface area (Å²) < 4.78 is 4.62. The molecular formula is C15H23N3O3. The zero-order valence-corrected chi connectivity index (χ0v) is 12.9. The SMILES string of the molecule is COC(=O)c1ccc(NCCC(=O)NC(C)(C)C)c(N)c1. The van der Waals surface area contributed by atoms with Crippen molar-refractivity contribution in [2.75, 3.05) is 24.7 Å². The highest BCUT2D eigenvalue weighted by molar-refractivity contribution is 5.91. The number of nitrogens with one attached hydrogen (secondary N) is 2. The molecule has 1 aromatic carbocycles. The summed E-state index contributed by atoms with van der Waals surface area (Å²) in [6, 6.07) is 4.87. The first kappa shape index (κ1) is 16.8. The van der Waals surface area contributed by atoms with Crippen molar-refractivity contribution in [3.63, 3.8) is 0 Å². The van der Waals surface area contributed by atoms with Gasteiger partial charge in [-0.15, -0.1) is 0 Å². The quantitative estimate of drug-likeness (QED) is 0.568. The highest BCUT2D eigenvalue weighted by Gasteiger charge is 2.13. The van der Waals surface area contributed by atoms with E-state index in [4.69, 9.17) is 5.73 Å². The predicted molar refractivity (Wildman–Crippen MR) is 83.2 cm³/mol. The van der Waals surface area contributed by atoms with Gasteiger partial charge in [0.1, 0.15) is 0 Å². The summed E-state index contributed by atoms with van der Waals surface area (Å²) in [5.41, 5.74) is 7.14. The topological polar surface area (TPSA) is 93.4 Å². The van der Waals surface area contributed by atoms with Crippen LogP contribution in [0, 0.1) is 0 Å². The van der Waals surface area contributed by atoms with Gasteiger partial charge in [-0.3, -0.25) is 4.79 Å². The third kappa shape index (κ3) is 5.72. The minimum Gasteiger partial charge on any atom is -0.465 e. The number of amides is 1. The number of nitrogen functional groups attached to an aromatic ring is 1. The summed E-state index contributed by atoms with van der Waals surface area (Å²) in [5.74, 6) is -0.461. The minimum atomic E-state index is -0.433. The molecule has 0 unspecified atom stereocenters. The summed E-state index contributed by atoms with van der Waals surface area (Å²) in [4.78, 5) is 23.0. The maximum Gasteiger partial charge on any atom is 0.337 e. The lowest BCUT2D eigenvalue weighted by Gasteiger charge is -2.20. The number of benzene rings is 1. The van der Waals surface area contributed by atoms with Crippen LogP contribution in [-0.2, 0) is 9.53 Å². The fraction of sp³-hybridized carbons (Fsp3) is 0.467. The Labute approximate surface area is 125 Å². The van der Waals surface area contributed by atoms with Crippen LogP contribution < -0.4 is 16.4 Å². The van der Waals surface area contributed by atoms with Gasteiger partial charge in [-0.05, 0) is 39.0 Å². The molecule has 116 valence electrons. The molecule has 21 heavy (non-hydrogen) atoms. The molecule has 0 saturated heterocycles. The second-order valence-electron chi connectivity index (χ2n) is 5.77. The van der Waals surface area contributed by atoms with Crippen LogP contribution in [0.25, 0.3) is 0 Å². The monoisotopic (exact) mass is 293 g/mol. The van der Waals surface area contributed by atoms with E-state index in [1.165, 1.54) is 7.11 Å². The van der Waals surface area contributed by atoms with Crippen molar-refractivity contribution in [1.29, 1.82) is 0 Å². The number of nitrogens with two attached hydrogens (primary N) is 1. The zero-order chi connectivity index (χ0) is 16.0. The average molecular weight is 293 g/mol. The van der Waals surface area contributed by atoms with Gasteiger partial charge in [0.05, 0.1) is 24.0 Å². The first-order valence-corrected chi connectivity index (χ1v) is 6.75. The van der Waals surface area contributed by atoms with E-state index < -0.39 is 5.97 Å². The summed E-state index contributed by atoms with van der Waals surface area (Å²) in [6.45, 7) is 6.26. The van der Waals surface area contributed by atoms with Gasteiger partial charge in [-0.25, -0.2) is 4.79 Å². The molecule has 0 aliphatic carbocycles. The van der Waals surface area contributed by atoms with Crippen LogP contribution in [0.1, 0.15) is 37.6 Å². The maximum absolute atomic E-state index is 11.7. The molecule has 1 aromatic rings. The first-order chi connectivity index (χ1) is 9.73. The van der Waals surface area contributed by atoms with E-state index in [-0.39, 0.29) is 11.4 Å². The number of ether oxygens (including phenoxy) is 1. The largest absolute Gasteiger partial charge is 0.465 e. The van der Waals surface area contributed by atoms with Gasteiger partial charge in [0.2, 0.25) is 5.91 Å². The van der Waals surface area contributed by atoms with E-state index in [2.05, 4.69) is 15.4 Å². The summed E-state index contributed by atoms with van der Waals surface area (Å²) in [6.07, 6.45) is 0.343. The molecule has 0 saturated carbocycles. The lowest BCUT2D eigenvalue weighted by molar-refractivity contribution is -0.122. The van der Waals surface area contributed by atoms with Gasteiger partial charge in [0, 0.05) is 18.5 Å². The van der Waals surface area contributed by atoms with E-state index in [0.717, 1.165) is 0 Å². The van der Waals surface area contributed by atoms with E-state index in [1.807, 2.05) is 20.8 Å². The van der Waals surface area contributed by atoms with Crippen molar-refractivity contribution >= 4 is 23.3 Å². The Hall–Kier alpha value is -2.24. The molecule has 0 aliphatic heterocycles. The molecule has 4 N–H and O–H groups in total. The molecule has 0 bridgehead atoms. The third-order valence-electron chi connectivity index (χ3n) is 2.65. The molecule has 6 heteroatoms. The Morgan fingerprint density at radius 1 is 1.29 bits per heavy atom. The average Bonchev–Trinajstić information content (AvgIpc) is 2.37. The van der Waals surface area contributed by atoms with Gasteiger partial charge in [-0.1, -0.05) is 0 Å².